The normalized spacial score (nSPS) is 12.3. The molecule has 0 heterocycles. The van der Waals surface area contributed by atoms with E-state index < -0.39 is 18.1 Å². The zero-order chi connectivity index (χ0) is 26.1. The van der Waals surface area contributed by atoms with Crippen molar-refractivity contribution < 1.29 is 24.3 Å². The van der Waals surface area contributed by atoms with Crippen molar-refractivity contribution >= 4 is 23.2 Å². The lowest BCUT2D eigenvalue weighted by Gasteiger charge is -2.22. The van der Waals surface area contributed by atoms with Crippen LogP contribution >= 0.6 is 0 Å². The van der Waals surface area contributed by atoms with E-state index in [0.717, 1.165) is 16.7 Å². The molecule has 2 atom stereocenters. The van der Waals surface area contributed by atoms with Crippen LogP contribution in [0.15, 0.2) is 79.4 Å². The molecule has 36 heavy (non-hydrogen) atoms. The summed E-state index contributed by atoms with van der Waals surface area (Å²) in [5.74, 6) is -1.29. The second-order valence-electron chi connectivity index (χ2n) is 8.25. The molecule has 188 valence electrons. The quantitative estimate of drug-likeness (QED) is 0.181. The third-order valence-electron chi connectivity index (χ3n) is 5.44. The van der Waals surface area contributed by atoms with Crippen molar-refractivity contribution in [3.63, 3.8) is 0 Å². The van der Waals surface area contributed by atoms with E-state index in [1.54, 1.807) is 24.3 Å². The minimum absolute atomic E-state index is 0.0908. The van der Waals surface area contributed by atoms with Crippen LogP contribution in [0.4, 0.5) is 10.1 Å². The Hall–Kier alpha value is -4.05. The number of carbonyl (C=O) groups is 2. The lowest BCUT2D eigenvalue weighted by atomic mass is 10.0. The number of aliphatic hydroxyl groups is 1. The Balaban J connectivity index is 1.53. The molecule has 0 spiro atoms. The Morgan fingerprint density at radius 2 is 1.64 bits per heavy atom. The van der Waals surface area contributed by atoms with E-state index in [2.05, 4.69) is 22.5 Å². The van der Waals surface area contributed by atoms with Crippen LogP contribution in [0.25, 0.3) is 16.8 Å². The van der Waals surface area contributed by atoms with Gasteiger partial charge in [0.15, 0.2) is 0 Å². The van der Waals surface area contributed by atoms with Crippen molar-refractivity contribution in [1.29, 1.82) is 0 Å². The van der Waals surface area contributed by atoms with E-state index in [0.29, 0.717) is 23.5 Å². The lowest BCUT2D eigenvalue weighted by Crippen LogP contribution is -2.48. The van der Waals surface area contributed by atoms with Gasteiger partial charge in [0.05, 0.1) is 12.6 Å². The van der Waals surface area contributed by atoms with Gasteiger partial charge in [0.2, 0.25) is 5.91 Å². The van der Waals surface area contributed by atoms with Crippen molar-refractivity contribution in [2.75, 3.05) is 11.9 Å². The molecule has 0 saturated carbocycles. The first-order valence-electron chi connectivity index (χ1n) is 11.3. The van der Waals surface area contributed by atoms with E-state index >= 15 is 0 Å². The molecule has 0 radical (unpaired) electrons. The molecule has 3 aromatic rings. The fraction of sp³-hybridized carbons (Fsp3) is 0.185. The monoisotopic (exact) mass is 492 g/mol. The van der Waals surface area contributed by atoms with Gasteiger partial charge in [-0.15, -0.1) is 0 Å². The average molecular weight is 493 g/mol. The molecule has 3 rings (SSSR count). The molecule has 0 unspecified atom stereocenters. The van der Waals surface area contributed by atoms with E-state index in [4.69, 9.17) is 5.21 Å². The summed E-state index contributed by atoms with van der Waals surface area (Å²) in [5, 5.41) is 27.2. The molecule has 0 aliphatic heterocycles. The largest absolute Gasteiger partial charge is 0.391 e. The van der Waals surface area contributed by atoms with Crippen molar-refractivity contribution in [3.05, 3.63) is 96.3 Å². The van der Waals surface area contributed by atoms with E-state index in [9.17, 15) is 19.1 Å². The second kappa shape index (κ2) is 12.6. The highest BCUT2D eigenvalue weighted by Crippen LogP contribution is 2.23. The molecule has 0 fully saturated rings. The first-order chi connectivity index (χ1) is 17.3. The summed E-state index contributed by atoms with van der Waals surface area (Å²) in [6, 6.07) is 19.9. The highest BCUT2D eigenvalue weighted by atomic mass is 19.1. The van der Waals surface area contributed by atoms with Crippen LogP contribution in [-0.4, -0.2) is 40.8 Å². The van der Waals surface area contributed by atoms with Gasteiger partial charge in [-0.2, -0.15) is 0 Å². The third-order valence-corrected chi connectivity index (χ3v) is 5.44. The molecule has 0 aromatic heterocycles. The van der Waals surface area contributed by atoms with Gasteiger partial charge in [-0.05, 0) is 53.4 Å². The highest BCUT2D eigenvalue weighted by molar-refractivity contribution is 5.92. The number of benzene rings is 3. The van der Waals surface area contributed by atoms with Crippen LogP contribution in [0.3, 0.4) is 0 Å². The molecule has 0 bridgehead atoms. The average Bonchev–Trinajstić information content (AvgIpc) is 2.87. The molecule has 0 aliphatic carbocycles. The smallest absolute Gasteiger partial charge is 0.268 e. The zero-order valence-corrected chi connectivity index (χ0v) is 19.8. The molecular weight excluding hydrogens is 463 g/mol. The number of carbonyl (C=O) groups excluding carboxylic acids is 2. The topological polar surface area (TPSA) is 123 Å². The third kappa shape index (κ3) is 7.47. The molecule has 8 nitrogen and oxygen atoms in total. The van der Waals surface area contributed by atoms with Gasteiger partial charge in [-0.25, -0.2) is 9.87 Å². The summed E-state index contributed by atoms with van der Waals surface area (Å²) in [4.78, 5) is 23.9. The predicted octanol–water partition coefficient (Wildman–Crippen LogP) is 3.04. The number of halogens is 1. The number of hydrogen-bond acceptors (Lipinski definition) is 6. The van der Waals surface area contributed by atoms with Crippen molar-refractivity contribution in [3.8, 4) is 11.1 Å². The lowest BCUT2D eigenvalue weighted by molar-refractivity contribution is -0.133. The molecule has 3 aromatic carbocycles. The van der Waals surface area contributed by atoms with Crippen LogP contribution in [0.1, 0.15) is 18.1 Å². The number of nitrogens with one attached hydrogen (secondary N) is 4. The van der Waals surface area contributed by atoms with Crippen molar-refractivity contribution in [2.24, 2.45) is 0 Å². The molecule has 2 amide bonds. The zero-order valence-electron chi connectivity index (χ0n) is 19.8. The Morgan fingerprint density at radius 3 is 2.22 bits per heavy atom. The Morgan fingerprint density at radius 1 is 1.00 bits per heavy atom. The van der Waals surface area contributed by atoms with Crippen LogP contribution < -0.4 is 21.4 Å². The maximum atomic E-state index is 13.2. The Labute approximate surface area is 208 Å². The van der Waals surface area contributed by atoms with Gasteiger partial charge in [0, 0.05) is 17.9 Å². The summed E-state index contributed by atoms with van der Waals surface area (Å²) in [5.41, 5.74) is 5.93. The van der Waals surface area contributed by atoms with Gasteiger partial charge >= 0.3 is 0 Å². The fourth-order valence-electron chi connectivity index (χ4n) is 3.53. The van der Waals surface area contributed by atoms with Crippen molar-refractivity contribution in [2.45, 2.75) is 25.6 Å². The molecule has 9 heteroatoms. The molecular formula is C27H29FN4O4. The Bertz CT molecular complexity index is 1200. The van der Waals surface area contributed by atoms with E-state index in [1.165, 1.54) is 24.5 Å². The van der Waals surface area contributed by atoms with Crippen LogP contribution in [-0.2, 0) is 16.1 Å². The summed E-state index contributed by atoms with van der Waals surface area (Å²) in [7, 11) is 0. The van der Waals surface area contributed by atoms with E-state index in [1.807, 2.05) is 36.4 Å². The highest BCUT2D eigenvalue weighted by Gasteiger charge is 2.23. The Kier molecular flexibility index (Phi) is 9.29. The first kappa shape index (κ1) is 26.6. The van der Waals surface area contributed by atoms with Crippen LogP contribution in [0.2, 0.25) is 0 Å². The van der Waals surface area contributed by atoms with E-state index in [-0.39, 0.29) is 18.3 Å². The fourth-order valence-corrected chi connectivity index (χ4v) is 3.53. The minimum atomic E-state index is -1.05. The first-order valence-corrected chi connectivity index (χ1v) is 11.3. The second-order valence-corrected chi connectivity index (χ2v) is 8.25. The number of hydrogen-bond donors (Lipinski definition) is 6. The summed E-state index contributed by atoms with van der Waals surface area (Å²) >= 11 is 0. The van der Waals surface area contributed by atoms with Crippen molar-refractivity contribution in [1.82, 2.24) is 16.1 Å². The maximum Gasteiger partial charge on any atom is 0.268 e. The maximum absolute atomic E-state index is 13.2. The van der Waals surface area contributed by atoms with Gasteiger partial charge < -0.3 is 21.1 Å². The van der Waals surface area contributed by atoms with Gasteiger partial charge in [-0.1, -0.05) is 55.1 Å². The summed E-state index contributed by atoms with van der Waals surface area (Å²) in [6.07, 6.45) is -1.05. The number of hydroxylamine groups is 1. The van der Waals surface area contributed by atoms with Gasteiger partial charge in [-0.3, -0.25) is 14.8 Å². The summed E-state index contributed by atoms with van der Waals surface area (Å²) < 4.78 is 13.2. The number of amides is 2. The molecule has 0 aliphatic rings. The summed E-state index contributed by atoms with van der Waals surface area (Å²) in [6.45, 7) is 5.81. The van der Waals surface area contributed by atoms with Gasteiger partial charge in [0.25, 0.3) is 5.91 Å². The minimum Gasteiger partial charge on any atom is -0.391 e. The van der Waals surface area contributed by atoms with Crippen LogP contribution in [0, 0.1) is 5.82 Å². The van der Waals surface area contributed by atoms with Gasteiger partial charge in [0.1, 0.15) is 11.9 Å². The van der Waals surface area contributed by atoms with Crippen LogP contribution in [0.5, 0.6) is 0 Å². The number of aliphatic hydroxyl groups excluding tert-OH is 1. The predicted molar refractivity (Wildman–Crippen MR) is 136 cm³/mol. The molecule has 0 saturated heterocycles. The standard InChI is InChI=1S/C27H29FN4O4/c1-17(30-26(18(2)33)27(35)32-36)20-6-8-21(9-7-20)22-10-12-24(13-11-22)31-25(34)16-29-15-19-4-3-5-23(28)14-19/h3-14,18,26,29-30,33,36H,1,15-16H2,2H3,(H,31,34)(H,32,35)/t18-,26+/m1/s1. The number of anilines is 1. The SMILES string of the molecule is C=C(N[C@H](C(=O)NO)[C@@H](C)O)c1ccc(-c2ccc(NC(=O)CNCc3cccc(F)c3)cc2)cc1. The number of rotatable bonds is 11. The molecule has 6 N–H and O–H groups in total.